The highest BCUT2D eigenvalue weighted by atomic mass is 16.3. The molecule has 2 aromatic rings. The third-order valence-electron chi connectivity index (χ3n) is 1.70. The van der Waals surface area contributed by atoms with Gasteiger partial charge >= 0.3 is 0 Å². The smallest absolute Gasteiger partial charge is 0.222 e. The first-order valence-corrected chi connectivity index (χ1v) is 3.93. The van der Waals surface area contributed by atoms with Crippen LogP contribution in [0, 0.1) is 0 Å². The Bertz CT molecular complexity index is 384. The largest absolute Gasteiger partial charge is 0.472 e. The summed E-state index contributed by atoms with van der Waals surface area (Å²) in [4.78, 5) is 8.27. The highest BCUT2D eigenvalue weighted by molar-refractivity contribution is 5.58. The van der Waals surface area contributed by atoms with E-state index in [1.807, 2.05) is 12.1 Å². The van der Waals surface area contributed by atoms with Gasteiger partial charge in [-0.15, -0.1) is 0 Å². The summed E-state index contributed by atoms with van der Waals surface area (Å²) in [6.45, 7) is 0. The second-order valence-corrected chi connectivity index (χ2v) is 2.53. The number of nitrogens with zero attached hydrogens (tertiary/aromatic N) is 2. The standard InChI is InChI=1S/C9H9N3O/c1-10-9-11-4-2-8(12-9)7-3-5-13-6-7/h2-6H,1H3,(H,10,11,12). The molecule has 0 saturated carbocycles. The monoisotopic (exact) mass is 175 g/mol. The molecule has 0 amide bonds. The van der Waals surface area contributed by atoms with Gasteiger partial charge in [0.15, 0.2) is 0 Å². The maximum Gasteiger partial charge on any atom is 0.222 e. The lowest BCUT2D eigenvalue weighted by Gasteiger charge is -1.99. The van der Waals surface area contributed by atoms with E-state index in [2.05, 4.69) is 15.3 Å². The maximum absolute atomic E-state index is 4.96. The van der Waals surface area contributed by atoms with Gasteiger partial charge in [-0.2, -0.15) is 0 Å². The fourth-order valence-electron chi connectivity index (χ4n) is 1.05. The molecule has 0 aromatic carbocycles. The minimum absolute atomic E-state index is 0.610. The number of nitrogens with one attached hydrogen (secondary N) is 1. The van der Waals surface area contributed by atoms with Crippen LogP contribution >= 0.6 is 0 Å². The SMILES string of the molecule is CNc1nccc(-c2ccoc2)n1. The summed E-state index contributed by atoms with van der Waals surface area (Å²) in [6, 6.07) is 3.70. The van der Waals surface area contributed by atoms with Crippen molar-refractivity contribution in [3.8, 4) is 11.3 Å². The first kappa shape index (κ1) is 7.79. The van der Waals surface area contributed by atoms with Crippen LogP contribution in [0.5, 0.6) is 0 Å². The number of hydrogen-bond donors (Lipinski definition) is 1. The van der Waals surface area contributed by atoms with Gasteiger partial charge in [0.25, 0.3) is 0 Å². The fourth-order valence-corrected chi connectivity index (χ4v) is 1.05. The summed E-state index contributed by atoms with van der Waals surface area (Å²) < 4.78 is 4.96. The van der Waals surface area contributed by atoms with E-state index in [4.69, 9.17) is 4.42 Å². The molecule has 0 fully saturated rings. The van der Waals surface area contributed by atoms with E-state index in [0.717, 1.165) is 11.3 Å². The Labute approximate surface area is 75.6 Å². The Balaban J connectivity index is 2.41. The average Bonchev–Trinajstić information content (AvgIpc) is 2.71. The Hall–Kier alpha value is -1.84. The third-order valence-corrected chi connectivity index (χ3v) is 1.70. The van der Waals surface area contributed by atoms with Crippen LogP contribution in [0.3, 0.4) is 0 Å². The average molecular weight is 175 g/mol. The van der Waals surface area contributed by atoms with Gasteiger partial charge in [0, 0.05) is 18.8 Å². The molecule has 66 valence electrons. The highest BCUT2D eigenvalue weighted by Gasteiger charge is 2.01. The Morgan fingerprint density at radius 1 is 1.38 bits per heavy atom. The van der Waals surface area contributed by atoms with Crippen molar-refractivity contribution in [3.05, 3.63) is 30.9 Å². The molecule has 0 bridgehead atoms. The molecule has 2 heterocycles. The van der Waals surface area contributed by atoms with Crippen molar-refractivity contribution in [2.75, 3.05) is 12.4 Å². The van der Waals surface area contributed by atoms with Gasteiger partial charge in [-0.1, -0.05) is 0 Å². The molecule has 0 saturated heterocycles. The zero-order chi connectivity index (χ0) is 9.10. The Kier molecular flexibility index (Phi) is 1.96. The van der Waals surface area contributed by atoms with Crippen molar-refractivity contribution < 1.29 is 4.42 Å². The number of rotatable bonds is 2. The molecule has 13 heavy (non-hydrogen) atoms. The second-order valence-electron chi connectivity index (χ2n) is 2.53. The predicted octanol–water partition coefficient (Wildman–Crippen LogP) is 1.78. The van der Waals surface area contributed by atoms with Crippen LogP contribution in [0.1, 0.15) is 0 Å². The Morgan fingerprint density at radius 2 is 2.31 bits per heavy atom. The van der Waals surface area contributed by atoms with Crippen LogP contribution < -0.4 is 5.32 Å². The van der Waals surface area contributed by atoms with Crippen molar-refractivity contribution in [3.63, 3.8) is 0 Å². The minimum atomic E-state index is 0.610. The summed E-state index contributed by atoms with van der Waals surface area (Å²) in [6.07, 6.45) is 4.99. The molecule has 0 aliphatic carbocycles. The van der Waals surface area contributed by atoms with Crippen molar-refractivity contribution in [1.29, 1.82) is 0 Å². The van der Waals surface area contributed by atoms with Gasteiger partial charge in [-0.05, 0) is 12.1 Å². The van der Waals surface area contributed by atoms with Gasteiger partial charge in [0.1, 0.15) is 0 Å². The van der Waals surface area contributed by atoms with Gasteiger partial charge in [-0.3, -0.25) is 0 Å². The fraction of sp³-hybridized carbons (Fsp3) is 0.111. The third kappa shape index (κ3) is 1.51. The molecule has 0 aliphatic heterocycles. The van der Waals surface area contributed by atoms with Crippen LogP contribution in [-0.2, 0) is 0 Å². The van der Waals surface area contributed by atoms with Crippen molar-refractivity contribution in [1.82, 2.24) is 9.97 Å². The maximum atomic E-state index is 4.96. The molecule has 2 aromatic heterocycles. The van der Waals surface area contributed by atoms with Crippen LogP contribution in [0.4, 0.5) is 5.95 Å². The highest BCUT2D eigenvalue weighted by Crippen LogP contribution is 2.17. The number of hydrogen-bond acceptors (Lipinski definition) is 4. The molecule has 0 unspecified atom stereocenters. The van der Waals surface area contributed by atoms with Crippen molar-refractivity contribution in [2.45, 2.75) is 0 Å². The summed E-state index contributed by atoms with van der Waals surface area (Å²) in [5.74, 6) is 0.610. The van der Waals surface area contributed by atoms with E-state index >= 15 is 0 Å². The molecule has 0 atom stereocenters. The van der Waals surface area contributed by atoms with Crippen molar-refractivity contribution >= 4 is 5.95 Å². The number of anilines is 1. The summed E-state index contributed by atoms with van der Waals surface area (Å²) in [5.41, 5.74) is 1.81. The van der Waals surface area contributed by atoms with Crippen molar-refractivity contribution in [2.24, 2.45) is 0 Å². The summed E-state index contributed by atoms with van der Waals surface area (Å²) >= 11 is 0. The lowest BCUT2D eigenvalue weighted by atomic mass is 10.2. The lowest BCUT2D eigenvalue weighted by molar-refractivity contribution is 0.568. The predicted molar refractivity (Wildman–Crippen MR) is 49.3 cm³/mol. The molecular formula is C9H9N3O. The van der Waals surface area contributed by atoms with Crippen LogP contribution in [0.25, 0.3) is 11.3 Å². The van der Waals surface area contributed by atoms with Crippen LogP contribution in [-0.4, -0.2) is 17.0 Å². The van der Waals surface area contributed by atoms with E-state index in [1.165, 1.54) is 0 Å². The molecular weight excluding hydrogens is 166 g/mol. The molecule has 0 radical (unpaired) electrons. The molecule has 0 aliphatic rings. The van der Waals surface area contributed by atoms with E-state index < -0.39 is 0 Å². The topological polar surface area (TPSA) is 51.0 Å². The van der Waals surface area contributed by atoms with E-state index in [-0.39, 0.29) is 0 Å². The molecule has 1 N–H and O–H groups in total. The molecule has 4 heteroatoms. The second kappa shape index (κ2) is 3.26. The molecule has 4 nitrogen and oxygen atoms in total. The van der Waals surface area contributed by atoms with E-state index in [0.29, 0.717) is 5.95 Å². The summed E-state index contributed by atoms with van der Waals surface area (Å²) in [5, 5.41) is 2.88. The summed E-state index contributed by atoms with van der Waals surface area (Å²) in [7, 11) is 1.79. The normalized spacial score (nSPS) is 9.92. The van der Waals surface area contributed by atoms with Gasteiger partial charge < -0.3 is 9.73 Å². The number of aromatic nitrogens is 2. The minimum Gasteiger partial charge on any atom is -0.472 e. The zero-order valence-electron chi connectivity index (χ0n) is 7.19. The van der Waals surface area contributed by atoms with Gasteiger partial charge in [0.2, 0.25) is 5.95 Å². The lowest BCUT2D eigenvalue weighted by Crippen LogP contribution is -1.95. The van der Waals surface area contributed by atoms with Gasteiger partial charge in [-0.25, -0.2) is 9.97 Å². The molecule has 2 rings (SSSR count). The first-order chi connectivity index (χ1) is 6.40. The number of furan rings is 1. The first-order valence-electron chi connectivity index (χ1n) is 3.93. The zero-order valence-corrected chi connectivity index (χ0v) is 7.19. The van der Waals surface area contributed by atoms with Crippen LogP contribution in [0.15, 0.2) is 35.3 Å². The van der Waals surface area contributed by atoms with Gasteiger partial charge in [0.05, 0.1) is 18.2 Å². The Morgan fingerprint density at radius 3 is 3.00 bits per heavy atom. The van der Waals surface area contributed by atoms with Crippen LogP contribution in [0.2, 0.25) is 0 Å². The molecule has 0 spiro atoms. The quantitative estimate of drug-likeness (QED) is 0.755. The van der Waals surface area contributed by atoms with E-state index in [1.54, 1.807) is 25.8 Å². The van der Waals surface area contributed by atoms with E-state index in [9.17, 15) is 0 Å².